The first-order valence-electron chi connectivity index (χ1n) is 22.5. The quantitative estimate of drug-likeness (QED) is 0.102. The molecule has 0 fully saturated rings. The van der Waals surface area contributed by atoms with Crippen LogP contribution in [0.5, 0.6) is 0 Å². The van der Waals surface area contributed by atoms with Crippen LogP contribution in [-0.4, -0.2) is 0 Å². The molecule has 0 amide bonds. The Kier molecular flexibility index (Phi) is 12.6. The fourth-order valence-corrected chi connectivity index (χ4v) is 8.52. The van der Waals surface area contributed by atoms with Gasteiger partial charge in [0.2, 0.25) is 0 Å². The Hall–Kier alpha value is -7.82. The summed E-state index contributed by atoms with van der Waals surface area (Å²) in [6, 6.07) is 85.4. The van der Waals surface area contributed by atoms with Gasteiger partial charge in [0, 0.05) is 68.2 Å². The first-order chi connectivity index (χ1) is 31.6. The van der Waals surface area contributed by atoms with Gasteiger partial charge >= 0.3 is 0 Å². The summed E-state index contributed by atoms with van der Waals surface area (Å²) >= 11 is 0. The van der Waals surface area contributed by atoms with Crippen molar-refractivity contribution in [1.29, 1.82) is 0 Å². The van der Waals surface area contributed by atoms with Gasteiger partial charge in [-0.05, 0) is 182 Å². The van der Waals surface area contributed by atoms with Crippen LogP contribution in [0, 0.1) is 0 Å². The molecule has 0 unspecified atom stereocenters. The molecule has 0 radical (unpaired) electrons. The van der Waals surface area contributed by atoms with Gasteiger partial charge in [0.25, 0.3) is 0 Å². The number of hydrogen-bond donors (Lipinski definition) is 0. The molecule has 4 heteroatoms. The number of hydrogen-bond acceptors (Lipinski definition) is 4. The molecular weight excluding hydrogens is 777 g/mol. The van der Waals surface area contributed by atoms with E-state index < -0.39 is 0 Å². The predicted octanol–water partition coefficient (Wildman–Crippen LogP) is 17.3. The van der Waals surface area contributed by atoms with E-state index >= 15 is 0 Å². The van der Waals surface area contributed by atoms with Gasteiger partial charge in [-0.15, -0.1) is 0 Å². The second-order valence-electron chi connectivity index (χ2n) is 16.0. The maximum Gasteiger partial charge on any atom is 0.0464 e. The van der Waals surface area contributed by atoms with Gasteiger partial charge in [-0.1, -0.05) is 112 Å². The van der Waals surface area contributed by atoms with E-state index in [-0.39, 0.29) is 0 Å². The predicted molar refractivity (Wildman–Crippen MR) is 273 cm³/mol. The Morgan fingerprint density at radius 1 is 0.203 bits per heavy atom. The summed E-state index contributed by atoms with van der Waals surface area (Å²) in [5.41, 5.74) is 17.1. The van der Waals surface area contributed by atoms with Crippen LogP contribution in [0.25, 0.3) is 0 Å². The van der Waals surface area contributed by atoms with E-state index in [0.717, 1.165) is 87.5 Å². The lowest BCUT2D eigenvalue weighted by Crippen LogP contribution is -2.14. The molecule has 0 N–H and O–H groups in total. The van der Waals surface area contributed by atoms with Crippen molar-refractivity contribution in [2.75, 3.05) is 19.6 Å². The van der Waals surface area contributed by atoms with Gasteiger partial charge in [0.1, 0.15) is 0 Å². The Labute approximate surface area is 379 Å². The zero-order valence-electron chi connectivity index (χ0n) is 36.9. The third kappa shape index (κ3) is 9.04. The highest BCUT2D eigenvalue weighted by atomic mass is 15.2. The molecule has 0 aliphatic heterocycles. The van der Waals surface area contributed by atoms with Crippen LogP contribution in [0.2, 0.25) is 0 Å². The lowest BCUT2D eigenvalue weighted by molar-refractivity contribution is 1.13. The van der Waals surface area contributed by atoms with E-state index in [1.165, 1.54) is 16.7 Å². The number of benzene rings is 9. The standard InChI is InChI=1S/C60H54N4/c1-4-46-19-16-28-58(43-46)62(49-22-10-7-11-23-49)55-37-31-52(32-38-55)61(53-33-39-56(40-34-53)63(50-24-12-8-13-25-50)59-29-17-20-47(5-2)44-59)54-35-41-57(42-36-54)64(51-26-14-9-15-27-51)60-30-18-21-48(6-3)45-60/h7-45H,4-6H2,1-3H3. The molecule has 314 valence electrons. The second kappa shape index (κ2) is 19.5. The van der Waals surface area contributed by atoms with Crippen molar-refractivity contribution in [2.45, 2.75) is 40.0 Å². The van der Waals surface area contributed by atoms with Crippen LogP contribution < -0.4 is 19.6 Å². The first-order valence-corrected chi connectivity index (χ1v) is 22.5. The minimum Gasteiger partial charge on any atom is -0.310 e. The van der Waals surface area contributed by atoms with Gasteiger partial charge < -0.3 is 19.6 Å². The van der Waals surface area contributed by atoms with Crippen LogP contribution in [-0.2, 0) is 19.3 Å². The summed E-state index contributed by atoms with van der Waals surface area (Å²) in [6.07, 6.45) is 2.93. The van der Waals surface area contributed by atoms with Gasteiger partial charge in [-0.25, -0.2) is 0 Å². The summed E-state index contributed by atoms with van der Waals surface area (Å²) in [4.78, 5) is 9.38. The summed E-state index contributed by atoms with van der Waals surface area (Å²) < 4.78 is 0. The molecular formula is C60H54N4. The van der Waals surface area contributed by atoms with Crippen LogP contribution in [0.4, 0.5) is 68.2 Å². The van der Waals surface area contributed by atoms with Crippen LogP contribution in [0.3, 0.4) is 0 Å². The molecule has 0 atom stereocenters. The van der Waals surface area contributed by atoms with E-state index in [4.69, 9.17) is 0 Å². The summed E-state index contributed by atoms with van der Waals surface area (Å²) in [7, 11) is 0. The Morgan fingerprint density at radius 2 is 0.391 bits per heavy atom. The molecule has 0 heterocycles. The minimum absolute atomic E-state index is 0.977. The fourth-order valence-electron chi connectivity index (χ4n) is 8.52. The van der Waals surface area contributed by atoms with Gasteiger partial charge in [-0.3, -0.25) is 0 Å². The second-order valence-corrected chi connectivity index (χ2v) is 16.0. The maximum absolute atomic E-state index is 2.36. The zero-order valence-corrected chi connectivity index (χ0v) is 36.9. The molecule has 9 rings (SSSR count). The van der Waals surface area contributed by atoms with E-state index in [2.05, 4.69) is 277 Å². The normalized spacial score (nSPS) is 10.9. The fraction of sp³-hybridized carbons (Fsp3) is 0.100. The van der Waals surface area contributed by atoms with Gasteiger partial charge in [0.15, 0.2) is 0 Å². The first kappa shape index (κ1) is 41.5. The van der Waals surface area contributed by atoms with Crippen LogP contribution in [0.15, 0.2) is 237 Å². The highest BCUT2D eigenvalue weighted by Gasteiger charge is 2.20. The largest absolute Gasteiger partial charge is 0.310 e. The van der Waals surface area contributed by atoms with Crippen molar-refractivity contribution in [1.82, 2.24) is 0 Å². The third-order valence-electron chi connectivity index (χ3n) is 11.9. The molecule has 0 saturated heterocycles. The molecule has 64 heavy (non-hydrogen) atoms. The van der Waals surface area contributed by atoms with Crippen LogP contribution >= 0.6 is 0 Å². The van der Waals surface area contributed by atoms with Crippen molar-refractivity contribution < 1.29 is 0 Å². The lowest BCUT2D eigenvalue weighted by atomic mass is 10.1. The summed E-state index contributed by atoms with van der Waals surface area (Å²) in [6.45, 7) is 6.63. The Bertz CT molecular complexity index is 2560. The van der Waals surface area contributed by atoms with Crippen molar-refractivity contribution in [2.24, 2.45) is 0 Å². The Morgan fingerprint density at radius 3 is 0.609 bits per heavy atom. The van der Waals surface area contributed by atoms with Crippen molar-refractivity contribution in [3.05, 3.63) is 253 Å². The monoisotopic (exact) mass is 830 g/mol. The maximum atomic E-state index is 2.36. The molecule has 0 saturated carbocycles. The Balaban J connectivity index is 1.14. The van der Waals surface area contributed by atoms with E-state index in [0.29, 0.717) is 0 Å². The molecule has 0 aliphatic carbocycles. The summed E-state index contributed by atoms with van der Waals surface area (Å²) in [5, 5.41) is 0. The minimum atomic E-state index is 0.977. The molecule has 0 bridgehead atoms. The van der Waals surface area contributed by atoms with Crippen molar-refractivity contribution >= 4 is 68.2 Å². The SMILES string of the molecule is CCc1cccc(N(c2ccccc2)c2ccc(N(c3ccc(N(c4ccccc4)c4cccc(CC)c4)cc3)c3ccc(N(c4ccccc4)c4cccc(CC)c4)cc3)cc2)c1. The average Bonchev–Trinajstić information content (AvgIpc) is 3.37. The molecule has 0 aliphatic rings. The molecule has 9 aromatic rings. The smallest absolute Gasteiger partial charge is 0.0464 e. The highest BCUT2D eigenvalue weighted by Crippen LogP contribution is 2.43. The number of rotatable bonds is 15. The van der Waals surface area contributed by atoms with Gasteiger partial charge in [-0.2, -0.15) is 0 Å². The molecule has 0 spiro atoms. The van der Waals surface area contributed by atoms with Crippen LogP contribution in [0.1, 0.15) is 37.5 Å². The number of para-hydroxylation sites is 3. The number of aryl methyl sites for hydroxylation is 3. The zero-order chi connectivity index (χ0) is 43.7. The summed E-state index contributed by atoms with van der Waals surface area (Å²) in [5.74, 6) is 0. The number of anilines is 12. The topological polar surface area (TPSA) is 13.0 Å². The molecule has 0 aromatic heterocycles. The van der Waals surface area contributed by atoms with E-state index in [9.17, 15) is 0 Å². The molecule has 4 nitrogen and oxygen atoms in total. The third-order valence-corrected chi connectivity index (χ3v) is 11.9. The van der Waals surface area contributed by atoms with E-state index in [1.807, 2.05) is 0 Å². The average molecular weight is 831 g/mol. The lowest BCUT2D eigenvalue weighted by Gasteiger charge is -2.30. The highest BCUT2D eigenvalue weighted by molar-refractivity contribution is 5.85. The van der Waals surface area contributed by atoms with Gasteiger partial charge in [0.05, 0.1) is 0 Å². The van der Waals surface area contributed by atoms with Crippen molar-refractivity contribution in [3.63, 3.8) is 0 Å². The van der Waals surface area contributed by atoms with Crippen molar-refractivity contribution in [3.8, 4) is 0 Å². The number of nitrogens with zero attached hydrogens (tertiary/aromatic N) is 4. The van der Waals surface area contributed by atoms with E-state index in [1.54, 1.807) is 0 Å². The molecule has 9 aromatic carbocycles.